The third kappa shape index (κ3) is 2.97. The standard InChI is InChI=1S/C13H19BrN2S/c1-3-9-5-4-6-10(7-9)12-15-8(2)11(14)13(17)16-12/h9-10H,3-7H2,1-2H3,(H,15,16,17). The van der Waals surface area contributed by atoms with Crippen molar-refractivity contribution in [2.75, 3.05) is 0 Å². The van der Waals surface area contributed by atoms with Crippen molar-refractivity contribution in [2.45, 2.75) is 51.9 Å². The number of nitrogens with one attached hydrogen (secondary N) is 1. The molecule has 1 heterocycles. The van der Waals surface area contributed by atoms with Crippen molar-refractivity contribution in [2.24, 2.45) is 5.92 Å². The van der Waals surface area contributed by atoms with E-state index in [0.29, 0.717) is 10.6 Å². The first kappa shape index (κ1) is 13.2. The van der Waals surface area contributed by atoms with Crippen LogP contribution in [0.1, 0.15) is 56.5 Å². The lowest BCUT2D eigenvalue weighted by atomic mass is 9.80. The molecule has 1 aromatic rings. The maximum absolute atomic E-state index is 5.28. The third-order valence-electron chi connectivity index (χ3n) is 3.80. The van der Waals surface area contributed by atoms with Crippen molar-refractivity contribution in [1.82, 2.24) is 9.97 Å². The van der Waals surface area contributed by atoms with E-state index >= 15 is 0 Å². The van der Waals surface area contributed by atoms with Gasteiger partial charge < -0.3 is 4.98 Å². The van der Waals surface area contributed by atoms with Crippen molar-refractivity contribution in [3.63, 3.8) is 0 Å². The Morgan fingerprint density at radius 2 is 2.24 bits per heavy atom. The number of rotatable bonds is 2. The molecule has 0 radical (unpaired) electrons. The first-order chi connectivity index (χ1) is 8.11. The molecule has 1 aliphatic carbocycles. The van der Waals surface area contributed by atoms with Crippen LogP contribution in [0.2, 0.25) is 0 Å². The molecule has 0 saturated heterocycles. The van der Waals surface area contributed by atoms with E-state index in [-0.39, 0.29) is 0 Å². The second-order valence-corrected chi connectivity index (χ2v) is 6.18. The van der Waals surface area contributed by atoms with Crippen molar-refractivity contribution in [3.05, 3.63) is 20.6 Å². The highest BCUT2D eigenvalue weighted by Crippen LogP contribution is 2.36. The normalized spacial score (nSPS) is 24.9. The van der Waals surface area contributed by atoms with Crippen molar-refractivity contribution < 1.29 is 0 Å². The lowest BCUT2D eigenvalue weighted by molar-refractivity contribution is 0.306. The fourth-order valence-electron chi connectivity index (χ4n) is 2.70. The van der Waals surface area contributed by atoms with Crippen LogP contribution in [0.15, 0.2) is 4.47 Å². The molecule has 1 aliphatic rings. The Hall–Kier alpha value is -0.220. The average molecular weight is 315 g/mol. The molecule has 94 valence electrons. The van der Waals surface area contributed by atoms with Gasteiger partial charge in [-0.25, -0.2) is 4.98 Å². The predicted octanol–water partition coefficient (Wildman–Crippen LogP) is 4.89. The molecular weight excluding hydrogens is 296 g/mol. The van der Waals surface area contributed by atoms with E-state index in [2.05, 4.69) is 32.8 Å². The first-order valence-electron chi connectivity index (χ1n) is 6.38. The topological polar surface area (TPSA) is 28.7 Å². The van der Waals surface area contributed by atoms with E-state index in [1.807, 2.05) is 6.92 Å². The lowest BCUT2D eigenvalue weighted by Gasteiger charge is -2.28. The SMILES string of the molecule is CCC1CCCC(c2nc(=S)c(Br)c(C)[nH]2)C1. The Bertz CT molecular complexity index is 455. The van der Waals surface area contributed by atoms with Crippen molar-refractivity contribution >= 4 is 28.1 Å². The molecule has 2 atom stereocenters. The van der Waals surface area contributed by atoms with Crippen LogP contribution in [0.5, 0.6) is 0 Å². The summed E-state index contributed by atoms with van der Waals surface area (Å²) >= 11 is 8.74. The maximum atomic E-state index is 5.28. The summed E-state index contributed by atoms with van der Waals surface area (Å²) in [4.78, 5) is 7.94. The average Bonchev–Trinajstić information content (AvgIpc) is 2.35. The highest BCUT2D eigenvalue weighted by Gasteiger charge is 2.24. The molecule has 2 unspecified atom stereocenters. The number of hydrogen-bond acceptors (Lipinski definition) is 2. The molecule has 2 rings (SSSR count). The molecule has 1 aromatic heterocycles. The summed E-state index contributed by atoms with van der Waals surface area (Å²) in [5.74, 6) is 2.53. The van der Waals surface area contributed by atoms with Gasteiger partial charge in [-0.15, -0.1) is 0 Å². The monoisotopic (exact) mass is 314 g/mol. The Labute approximate surface area is 116 Å². The maximum Gasteiger partial charge on any atom is 0.144 e. The van der Waals surface area contributed by atoms with Gasteiger partial charge >= 0.3 is 0 Å². The number of aromatic amines is 1. The van der Waals surface area contributed by atoms with Gasteiger partial charge in [0.15, 0.2) is 0 Å². The van der Waals surface area contributed by atoms with E-state index < -0.39 is 0 Å². The van der Waals surface area contributed by atoms with Gasteiger partial charge in [-0.05, 0) is 41.6 Å². The lowest BCUT2D eigenvalue weighted by Crippen LogP contribution is -2.16. The van der Waals surface area contributed by atoms with Gasteiger partial charge in [0.1, 0.15) is 10.5 Å². The van der Waals surface area contributed by atoms with Gasteiger partial charge in [-0.1, -0.05) is 38.4 Å². The van der Waals surface area contributed by atoms with Crippen LogP contribution in [0, 0.1) is 17.5 Å². The summed E-state index contributed by atoms with van der Waals surface area (Å²) < 4.78 is 1.62. The van der Waals surface area contributed by atoms with E-state index in [9.17, 15) is 0 Å². The zero-order valence-corrected chi connectivity index (χ0v) is 12.8. The minimum Gasteiger partial charge on any atom is -0.346 e. The number of H-pyrrole nitrogens is 1. The fourth-order valence-corrected chi connectivity index (χ4v) is 3.14. The van der Waals surface area contributed by atoms with E-state index in [4.69, 9.17) is 12.2 Å². The van der Waals surface area contributed by atoms with Gasteiger partial charge in [0, 0.05) is 11.6 Å². The Morgan fingerprint density at radius 3 is 2.88 bits per heavy atom. The molecule has 1 saturated carbocycles. The second-order valence-electron chi connectivity index (χ2n) is 5.00. The largest absolute Gasteiger partial charge is 0.346 e. The number of nitrogens with zero attached hydrogens (tertiary/aromatic N) is 1. The highest BCUT2D eigenvalue weighted by atomic mass is 79.9. The molecule has 0 spiro atoms. The van der Waals surface area contributed by atoms with Crippen LogP contribution >= 0.6 is 28.1 Å². The number of halogens is 1. The number of hydrogen-bond donors (Lipinski definition) is 1. The molecule has 1 fully saturated rings. The van der Waals surface area contributed by atoms with Gasteiger partial charge in [-0.3, -0.25) is 0 Å². The Balaban J connectivity index is 2.25. The minimum absolute atomic E-state index is 0.571. The number of aryl methyl sites for hydroxylation is 1. The van der Waals surface area contributed by atoms with Crippen molar-refractivity contribution in [3.8, 4) is 0 Å². The second kappa shape index (κ2) is 5.61. The summed E-state index contributed by atoms with van der Waals surface area (Å²) in [7, 11) is 0. The molecular formula is C13H19BrN2S. The van der Waals surface area contributed by atoms with Crippen LogP contribution in [0.3, 0.4) is 0 Å². The Kier molecular flexibility index (Phi) is 4.36. The molecule has 1 N–H and O–H groups in total. The van der Waals surface area contributed by atoms with Crippen LogP contribution in [-0.2, 0) is 0 Å². The zero-order chi connectivity index (χ0) is 12.4. The van der Waals surface area contributed by atoms with Gasteiger partial charge in [0.05, 0.1) is 4.47 Å². The molecule has 0 aromatic carbocycles. The van der Waals surface area contributed by atoms with Gasteiger partial charge in [0.25, 0.3) is 0 Å². The predicted molar refractivity (Wildman–Crippen MR) is 76.8 cm³/mol. The van der Waals surface area contributed by atoms with E-state index in [0.717, 1.165) is 21.9 Å². The highest BCUT2D eigenvalue weighted by molar-refractivity contribution is 9.10. The van der Waals surface area contributed by atoms with Gasteiger partial charge in [0.2, 0.25) is 0 Å². The molecule has 0 amide bonds. The summed E-state index contributed by atoms with van der Waals surface area (Å²) in [6.07, 6.45) is 6.49. The molecule has 4 heteroatoms. The van der Waals surface area contributed by atoms with Crippen molar-refractivity contribution in [1.29, 1.82) is 0 Å². The molecule has 0 bridgehead atoms. The summed E-state index contributed by atoms with van der Waals surface area (Å²) in [6, 6.07) is 0. The smallest absolute Gasteiger partial charge is 0.144 e. The quantitative estimate of drug-likeness (QED) is 0.787. The number of aromatic nitrogens is 2. The van der Waals surface area contributed by atoms with Crippen LogP contribution in [-0.4, -0.2) is 9.97 Å². The molecule has 2 nitrogen and oxygen atoms in total. The molecule has 17 heavy (non-hydrogen) atoms. The van der Waals surface area contributed by atoms with Crippen LogP contribution in [0.25, 0.3) is 0 Å². The van der Waals surface area contributed by atoms with Crippen LogP contribution < -0.4 is 0 Å². The fraction of sp³-hybridized carbons (Fsp3) is 0.692. The summed E-state index contributed by atoms with van der Waals surface area (Å²) in [5.41, 5.74) is 1.10. The summed E-state index contributed by atoms with van der Waals surface area (Å²) in [5, 5.41) is 0. The molecule has 0 aliphatic heterocycles. The zero-order valence-electron chi connectivity index (χ0n) is 10.4. The summed E-state index contributed by atoms with van der Waals surface area (Å²) in [6.45, 7) is 4.33. The van der Waals surface area contributed by atoms with Crippen LogP contribution in [0.4, 0.5) is 0 Å². The van der Waals surface area contributed by atoms with E-state index in [1.54, 1.807) is 0 Å². The van der Waals surface area contributed by atoms with Gasteiger partial charge in [-0.2, -0.15) is 0 Å². The Morgan fingerprint density at radius 1 is 1.47 bits per heavy atom. The van der Waals surface area contributed by atoms with E-state index in [1.165, 1.54) is 32.1 Å². The first-order valence-corrected chi connectivity index (χ1v) is 7.58. The minimum atomic E-state index is 0.571. The third-order valence-corrected chi connectivity index (χ3v) is 5.33.